The normalized spacial score (nSPS) is 17.3. The van der Waals surface area contributed by atoms with Gasteiger partial charge in [-0.1, -0.05) is 0 Å². The highest BCUT2D eigenvalue weighted by molar-refractivity contribution is 7.92. The molecule has 4 N–H and O–H groups in total. The first-order valence-electron chi connectivity index (χ1n) is 10.4. The van der Waals surface area contributed by atoms with Crippen LogP contribution in [0.5, 0.6) is 0 Å². The van der Waals surface area contributed by atoms with Crippen LogP contribution in [0.3, 0.4) is 0 Å². The van der Waals surface area contributed by atoms with E-state index in [-0.39, 0.29) is 17.8 Å². The number of sulfone groups is 1. The number of ether oxygens (including phenoxy) is 1. The average Bonchev–Trinajstić information content (AvgIpc) is 2.78. The fourth-order valence-electron chi connectivity index (χ4n) is 3.31. The Bertz CT molecular complexity index is 1120. The molecule has 12 heteroatoms. The Labute approximate surface area is 192 Å². The zero-order valence-electron chi connectivity index (χ0n) is 18.7. The molecule has 0 unspecified atom stereocenters. The predicted octanol–water partition coefficient (Wildman–Crippen LogP) is 0.909. The number of amides is 3. The summed E-state index contributed by atoms with van der Waals surface area (Å²) in [7, 11) is -2.34. The number of morpholine rings is 1. The van der Waals surface area contributed by atoms with Gasteiger partial charge >= 0.3 is 6.03 Å². The first-order chi connectivity index (χ1) is 15.6. The summed E-state index contributed by atoms with van der Waals surface area (Å²) in [6, 6.07) is 8.17. The molecule has 0 radical (unpaired) electrons. The van der Waals surface area contributed by atoms with Gasteiger partial charge in [0.2, 0.25) is 5.91 Å². The second-order valence-corrected chi connectivity index (χ2v) is 10.1. The molecule has 1 aromatic heterocycles. The van der Waals surface area contributed by atoms with Gasteiger partial charge in [0.25, 0.3) is 0 Å². The SMILES string of the molecule is CNC(=O)Nc1ccc(-c2nc(CS(=O)(=O)[C@H](C)C(N)=O)cc(N3CCOC[C@@H]3C)n2)cc1. The minimum absolute atomic E-state index is 0.0367. The zero-order chi connectivity index (χ0) is 24.2. The Balaban J connectivity index is 2.00. The van der Waals surface area contributed by atoms with Crippen LogP contribution in [-0.2, 0) is 25.1 Å². The van der Waals surface area contributed by atoms with Gasteiger partial charge in [0.15, 0.2) is 15.7 Å². The topological polar surface area (TPSA) is 157 Å². The quantitative estimate of drug-likeness (QED) is 0.532. The van der Waals surface area contributed by atoms with Crippen molar-refractivity contribution in [3.63, 3.8) is 0 Å². The molecule has 1 saturated heterocycles. The molecule has 1 aliphatic rings. The maximum atomic E-state index is 12.7. The van der Waals surface area contributed by atoms with Gasteiger partial charge in [0.1, 0.15) is 11.1 Å². The molecule has 0 bridgehead atoms. The van der Waals surface area contributed by atoms with Crippen molar-refractivity contribution in [2.75, 3.05) is 37.0 Å². The molecule has 1 fully saturated rings. The lowest BCUT2D eigenvalue weighted by molar-refractivity contribution is -0.117. The molecule has 1 aromatic carbocycles. The molecule has 1 aliphatic heterocycles. The average molecular weight is 477 g/mol. The Morgan fingerprint density at radius 2 is 1.97 bits per heavy atom. The minimum atomic E-state index is -3.86. The number of urea groups is 1. The number of hydrogen-bond donors (Lipinski definition) is 3. The molecule has 2 heterocycles. The number of hydrogen-bond acceptors (Lipinski definition) is 8. The molecule has 11 nitrogen and oxygen atoms in total. The molecule has 2 atom stereocenters. The van der Waals surface area contributed by atoms with Crippen molar-refractivity contribution in [3.8, 4) is 11.4 Å². The molecule has 3 rings (SSSR count). The number of aromatic nitrogens is 2. The summed E-state index contributed by atoms with van der Waals surface area (Å²) in [5.41, 5.74) is 6.69. The second-order valence-electron chi connectivity index (χ2n) is 7.79. The van der Waals surface area contributed by atoms with E-state index in [1.165, 1.54) is 14.0 Å². The van der Waals surface area contributed by atoms with Crippen molar-refractivity contribution in [2.45, 2.75) is 30.9 Å². The third-order valence-corrected chi connectivity index (χ3v) is 7.35. The highest BCUT2D eigenvalue weighted by Crippen LogP contribution is 2.25. The van der Waals surface area contributed by atoms with Gasteiger partial charge < -0.3 is 26.0 Å². The van der Waals surface area contributed by atoms with E-state index in [4.69, 9.17) is 10.5 Å². The molecule has 0 saturated carbocycles. The van der Waals surface area contributed by atoms with Crippen LogP contribution in [0.4, 0.5) is 16.3 Å². The van der Waals surface area contributed by atoms with Gasteiger partial charge in [-0.15, -0.1) is 0 Å². The van der Waals surface area contributed by atoms with Crippen molar-refractivity contribution in [3.05, 3.63) is 36.0 Å². The smallest absolute Gasteiger partial charge is 0.318 e. The van der Waals surface area contributed by atoms with Crippen LogP contribution in [0.15, 0.2) is 30.3 Å². The Kier molecular flexibility index (Phi) is 7.49. The van der Waals surface area contributed by atoms with Crippen LogP contribution in [0.1, 0.15) is 19.5 Å². The van der Waals surface area contributed by atoms with Crippen molar-refractivity contribution >= 4 is 33.3 Å². The Hall–Kier alpha value is -3.25. The summed E-state index contributed by atoms with van der Waals surface area (Å²) >= 11 is 0. The summed E-state index contributed by atoms with van der Waals surface area (Å²) < 4.78 is 30.9. The summed E-state index contributed by atoms with van der Waals surface area (Å²) in [5, 5.41) is 3.81. The summed E-state index contributed by atoms with van der Waals surface area (Å²) in [6.45, 7) is 4.90. The van der Waals surface area contributed by atoms with E-state index >= 15 is 0 Å². The maximum absolute atomic E-state index is 12.7. The van der Waals surface area contributed by atoms with Crippen LogP contribution in [0.25, 0.3) is 11.4 Å². The van der Waals surface area contributed by atoms with E-state index in [1.54, 1.807) is 30.3 Å². The van der Waals surface area contributed by atoms with Gasteiger partial charge in [-0.25, -0.2) is 23.2 Å². The Morgan fingerprint density at radius 3 is 2.58 bits per heavy atom. The first kappa shape index (κ1) is 24.4. The number of rotatable bonds is 7. The summed E-state index contributed by atoms with van der Waals surface area (Å²) in [6.07, 6.45) is 0. The van der Waals surface area contributed by atoms with Crippen LogP contribution in [0.2, 0.25) is 0 Å². The molecule has 0 aliphatic carbocycles. The fourth-order valence-corrected chi connectivity index (χ4v) is 4.47. The van der Waals surface area contributed by atoms with E-state index in [2.05, 4.69) is 20.6 Å². The third-order valence-electron chi connectivity index (χ3n) is 5.34. The molecular formula is C21H28N6O5S. The maximum Gasteiger partial charge on any atom is 0.318 e. The van der Waals surface area contributed by atoms with E-state index in [0.29, 0.717) is 42.7 Å². The number of nitrogens with one attached hydrogen (secondary N) is 2. The number of benzene rings is 1. The summed E-state index contributed by atoms with van der Waals surface area (Å²) in [4.78, 5) is 34.1. The van der Waals surface area contributed by atoms with Crippen molar-refractivity contribution in [1.29, 1.82) is 0 Å². The van der Waals surface area contributed by atoms with Crippen molar-refractivity contribution < 1.29 is 22.7 Å². The molecule has 178 valence electrons. The van der Waals surface area contributed by atoms with Gasteiger partial charge in [0.05, 0.1) is 30.7 Å². The van der Waals surface area contributed by atoms with Gasteiger partial charge in [-0.05, 0) is 38.1 Å². The van der Waals surface area contributed by atoms with Crippen molar-refractivity contribution in [1.82, 2.24) is 15.3 Å². The number of anilines is 2. The van der Waals surface area contributed by atoms with Crippen LogP contribution in [-0.4, -0.2) is 68.4 Å². The van der Waals surface area contributed by atoms with Gasteiger partial charge in [-0.2, -0.15) is 0 Å². The molecular weight excluding hydrogens is 448 g/mol. The monoisotopic (exact) mass is 476 g/mol. The third kappa shape index (κ3) is 5.96. The molecule has 33 heavy (non-hydrogen) atoms. The van der Waals surface area contributed by atoms with Gasteiger partial charge in [-0.3, -0.25) is 4.79 Å². The lowest BCUT2D eigenvalue weighted by Crippen LogP contribution is -2.44. The van der Waals surface area contributed by atoms with Crippen LogP contribution >= 0.6 is 0 Å². The van der Waals surface area contributed by atoms with Crippen LogP contribution in [0, 0.1) is 0 Å². The standard InChI is InChI=1S/C21H28N6O5S/c1-13-11-32-9-8-27(13)18-10-17(12-33(30,31)14(2)19(22)28)24-20(26-18)15-4-6-16(7-5-15)25-21(29)23-3/h4-7,10,13-14H,8-9,11-12H2,1-3H3,(H2,22,28)(H2,23,25,29)/t13-,14+/m0/s1. The van der Waals surface area contributed by atoms with E-state index < -0.39 is 26.7 Å². The van der Waals surface area contributed by atoms with E-state index in [1.807, 2.05) is 11.8 Å². The van der Waals surface area contributed by atoms with E-state index in [9.17, 15) is 18.0 Å². The lowest BCUT2D eigenvalue weighted by Gasteiger charge is -2.34. The van der Waals surface area contributed by atoms with Gasteiger partial charge in [0, 0.05) is 30.9 Å². The van der Waals surface area contributed by atoms with Crippen molar-refractivity contribution in [2.24, 2.45) is 5.73 Å². The fraction of sp³-hybridized carbons (Fsp3) is 0.429. The minimum Gasteiger partial charge on any atom is -0.377 e. The molecule has 3 amide bonds. The zero-order valence-corrected chi connectivity index (χ0v) is 19.6. The highest BCUT2D eigenvalue weighted by atomic mass is 32.2. The van der Waals surface area contributed by atoms with Crippen LogP contribution < -0.4 is 21.3 Å². The van der Waals surface area contributed by atoms with E-state index in [0.717, 1.165) is 0 Å². The number of carbonyl (C=O) groups excluding carboxylic acids is 2. The summed E-state index contributed by atoms with van der Waals surface area (Å²) in [5.74, 6) is -0.463. The molecule has 2 aromatic rings. The second kappa shape index (κ2) is 10.1. The number of carbonyl (C=O) groups is 2. The number of nitrogens with two attached hydrogens (primary N) is 1. The highest BCUT2D eigenvalue weighted by Gasteiger charge is 2.28. The largest absolute Gasteiger partial charge is 0.377 e. The number of primary amides is 1. The molecule has 0 spiro atoms. The number of nitrogens with zero attached hydrogens (tertiary/aromatic N) is 3. The lowest BCUT2D eigenvalue weighted by atomic mass is 10.2. The predicted molar refractivity (Wildman–Crippen MR) is 124 cm³/mol. The first-order valence-corrected chi connectivity index (χ1v) is 12.1. The Morgan fingerprint density at radius 1 is 1.27 bits per heavy atom.